The van der Waals surface area contributed by atoms with E-state index < -0.39 is 0 Å². The van der Waals surface area contributed by atoms with E-state index in [0.717, 1.165) is 66.7 Å². The van der Waals surface area contributed by atoms with Gasteiger partial charge < -0.3 is 25.1 Å². The van der Waals surface area contributed by atoms with Crippen molar-refractivity contribution in [2.45, 2.75) is 57.3 Å². The Morgan fingerprint density at radius 2 is 2.06 bits per heavy atom. The highest BCUT2D eigenvalue weighted by molar-refractivity contribution is 6.00. The van der Waals surface area contributed by atoms with Crippen LogP contribution in [0.5, 0.6) is 5.75 Å². The molecular weight excluding hydrogens is 390 g/mol. The highest BCUT2D eigenvalue weighted by Gasteiger charge is 2.32. The summed E-state index contributed by atoms with van der Waals surface area (Å²) in [4.78, 5) is 8.86. The van der Waals surface area contributed by atoms with Crippen molar-refractivity contribution in [3.8, 4) is 16.9 Å². The Morgan fingerprint density at radius 3 is 2.84 bits per heavy atom. The molecule has 7 heteroatoms. The first-order valence-corrected chi connectivity index (χ1v) is 11.2. The van der Waals surface area contributed by atoms with Crippen molar-refractivity contribution in [1.29, 1.82) is 0 Å². The van der Waals surface area contributed by atoms with E-state index >= 15 is 0 Å². The molecule has 4 heterocycles. The van der Waals surface area contributed by atoms with Crippen molar-refractivity contribution in [2.24, 2.45) is 0 Å². The quantitative estimate of drug-likeness (QED) is 0.649. The molecule has 0 amide bonds. The number of benzene rings is 1. The van der Waals surface area contributed by atoms with E-state index in [1.54, 1.807) is 6.33 Å². The molecule has 0 bridgehead atoms. The zero-order valence-corrected chi connectivity index (χ0v) is 18.3. The molecule has 164 valence electrons. The Morgan fingerprint density at radius 1 is 1.23 bits per heavy atom. The van der Waals surface area contributed by atoms with Crippen LogP contribution >= 0.6 is 0 Å². The second kappa shape index (κ2) is 8.13. The van der Waals surface area contributed by atoms with E-state index in [1.807, 2.05) is 12.1 Å². The van der Waals surface area contributed by atoms with E-state index in [-0.39, 0.29) is 11.7 Å². The molecule has 2 saturated heterocycles. The maximum absolute atomic E-state index is 6.32. The van der Waals surface area contributed by atoms with Crippen LogP contribution in [0.4, 0.5) is 5.82 Å². The smallest absolute Gasteiger partial charge is 0.146 e. The summed E-state index contributed by atoms with van der Waals surface area (Å²) in [5.41, 5.74) is 9.28. The molecule has 2 fully saturated rings. The molecule has 5 rings (SSSR count). The summed E-state index contributed by atoms with van der Waals surface area (Å²) in [6.07, 6.45) is 8.14. The lowest BCUT2D eigenvalue weighted by Gasteiger charge is -2.24. The average Bonchev–Trinajstić information content (AvgIpc) is 3.34. The average molecular weight is 422 g/mol. The van der Waals surface area contributed by atoms with Crippen molar-refractivity contribution in [2.75, 3.05) is 25.4 Å². The van der Waals surface area contributed by atoms with Crippen LogP contribution in [0, 0.1) is 0 Å². The van der Waals surface area contributed by atoms with Gasteiger partial charge in [-0.2, -0.15) is 0 Å². The number of rotatable bonds is 5. The summed E-state index contributed by atoms with van der Waals surface area (Å²) in [5.74, 6) is 1.35. The third-order valence-corrected chi connectivity index (χ3v) is 6.48. The fourth-order valence-electron chi connectivity index (χ4n) is 4.83. The highest BCUT2D eigenvalue weighted by atomic mass is 16.6. The first-order valence-electron chi connectivity index (χ1n) is 11.2. The lowest BCUT2D eigenvalue weighted by molar-refractivity contribution is -0.0326. The molecular formula is C24H31N5O2. The van der Waals surface area contributed by atoms with Gasteiger partial charge in [0.1, 0.15) is 30.1 Å². The van der Waals surface area contributed by atoms with Gasteiger partial charge in [-0.15, -0.1) is 0 Å². The molecule has 0 radical (unpaired) electrons. The highest BCUT2D eigenvalue weighted by Crippen LogP contribution is 2.37. The lowest BCUT2D eigenvalue weighted by atomic mass is 10.1. The number of nitrogen functional groups attached to an aromatic ring is 1. The minimum absolute atomic E-state index is 0.0517. The van der Waals surface area contributed by atoms with Crippen LogP contribution in [0.1, 0.15) is 45.6 Å². The minimum atomic E-state index is -0.0517. The SMILES string of the molecule is CC1(C)CCC(COc2cccc(-c3cn(C4CCNCC4)c4ncnc(N)c34)c2)O1. The van der Waals surface area contributed by atoms with Crippen LogP contribution in [-0.4, -0.2) is 45.9 Å². The number of hydrogen-bond donors (Lipinski definition) is 2. The maximum atomic E-state index is 6.32. The van der Waals surface area contributed by atoms with Gasteiger partial charge in [0.15, 0.2) is 0 Å². The lowest BCUT2D eigenvalue weighted by Crippen LogP contribution is -2.29. The van der Waals surface area contributed by atoms with E-state index in [1.165, 1.54) is 0 Å². The Hall–Kier alpha value is -2.64. The number of ether oxygens (including phenoxy) is 2. The van der Waals surface area contributed by atoms with Crippen LogP contribution in [0.2, 0.25) is 0 Å². The van der Waals surface area contributed by atoms with Crippen molar-refractivity contribution in [1.82, 2.24) is 19.9 Å². The summed E-state index contributed by atoms with van der Waals surface area (Å²) in [7, 11) is 0. The Labute approximate surface area is 183 Å². The van der Waals surface area contributed by atoms with Crippen LogP contribution in [0.25, 0.3) is 22.2 Å². The third kappa shape index (κ3) is 4.12. The van der Waals surface area contributed by atoms with Gasteiger partial charge in [0, 0.05) is 17.8 Å². The molecule has 2 aliphatic heterocycles. The topological polar surface area (TPSA) is 87.2 Å². The normalized spacial score (nSPS) is 21.5. The number of nitrogens with zero attached hydrogens (tertiary/aromatic N) is 3. The van der Waals surface area contributed by atoms with Gasteiger partial charge in [0.25, 0.3) is 0 Å². The largest absolute Gasteiger partial charge is 0.491 e. The van der Waals surface area contributed by atoms with Crippen molar-refractivity contribution >= 4 is 16.9 Å². The number of piperidine rings is 1. The molecule has 31 heavy (non-hydrogen) atoms. The van der Waals surface area contributed by atoms with E-state index in [0.29, 0.717) is 18.5 Å². The molecule has 2 aliphatic rings. The van der Waals surface area contributed by atoms with Gasteiger partial charge in [-0.3, -0.25) is 0 Å². The van der Waals surface area contributed by atoms with Crippen LogP contribution in [0.3, 0.4) is 0 Å². The van der Waals surface area contributed by atoms with Gasteiger partial charge in [-0.1, -0.05) is 12.1 Å². The predicted octanol–water partition coefficient (Wildman–Crippen LogP) is 3.94. The number of aromatic nitrogens is 3. The van der Waals surface area contributed by atoms with E-state index in [4.69, 9.17) is 15.2 Å². The van der Waals surface area contributed by atoms with Gasteiger partial charge in [0.2, 0.25) is 0 Å². The van der Waals surface area contributed by atoms with E-state index in [2.05, 4.69) is 52.0 Å². The number of nitrogens with one attached hydrogen (secondary N) is 1. The fraction of sp³-hybridized carbons (Fsp3) is 0.500. The molecule has 7 nitrogen and oxygen atoms in total. The first-order chi connectivity index (χ1) is 15.0. The van der Waals surface area contributed by atoms with Crippen LogP contribution in [0.15, 0.2) is 36.8 Å². The summed E-state index contributed by atoms with van der Waals surface area (Å²) in [6, 6.07) is 8.60. The van der Waals surface area contributed by atoms with Crippen molar-refractivity contribution < 1.29 is 9.47 Å². The number of nitrogens with two attached hydrogens (primary N) is 1. The molecule has 0 saturated carbocycles. The zero-order chi connectivity index (χ0) is 21.4. The summed E-state index contributed by atoms with van der Waals surface area (Å²) < 4.78 is 14.5. The Kier molecular flexibility index (Phi) is 5.32. The molecule has 3 N–H and O–H groups in total. The molecule has 2 aromatic heterocycles. The molecule has 1 aromatic carbocycles. The fourth-order valence-corrected chi connectivity index (χ4v) is 4.83. The molecule has 1 unspecified atom stereocenters. The van der Waals surface area contributed by atoms with Gasteiger partial charge in [-0.25, -0.2) is 9.97 Å². The molecule has 0 aliphatic carbocycles. The third-order valence-electron chi connectivity index (χ3n) is 6.48. The Bertz CT molecular complexity index is 1070. The molecule has 3 aromatic rings. The van der Waals surface area contributed by atoms with Crippen molar-refractivity contribution in [3.05, 3.63) is 36.8 Å². The van der Waals surface area contributed by atoms with Crippen molar-refractivity contribution in [3.63, 3.8) is 0 Å². The second-order valence-electron chi connectivity index (χ2n) is 9.27. The van der Waals surface area contributed by atoms with Crippen LogP contribution in [-0.2, 0) is 4.74 Å². The monoisotopic (exact) mass is 421 g/mol. The standard InChI is InChI=1S/C24H31N5O2/c1-24(2)9-6-19(31-24)14-30-18-5-3-4-16(12-18)20-13-29(17-7-10-26-11-8-17)23-21(20)22(25)27-15-28-23/h3-5,12-13,15,17,19,26H,6-11,14H2,1-2H3,(H2,25,27,28). The Balaban J connectivity index is 1.44. The summed E-state index contributed by atoms with van der Waals surface area (Å²) in [5, 5.41) is 4.35. The van der Waals surface area contributed by atoms with Crippen LogP contribution < -0.4 is 15.8 Å². The van der Waals surface area contributed by atoms with Gasteiger partial charge >= 0.3 is 0 Å². The maximum Gasteiger partial charge on any atom is 0.146 e. The second-order valence-corrected chi connectivity index (χ2v) is 9.27. The van der Waals surface area contributed by atoms with Gasteiger partial charge in [-0.05, 0) is 70.3 Å². The zero-order valence-electron chi connectivity index (χ0n) is 18.3. The molecule has 0 spiro atoms. The summed E-state index contributed by atoms with van der Waals surface area (Å²) >= 11 is 0. The number of hydrogen-bond acceptors (Lipinski definition) is 6. The summed E-state index contributed by atoms with van der Waals surface area (Å²) in [6.45, 7) is 6.87. The predicted molar refractivity (Wildman–Crippen MR) is 122 cm³/mol. The van der Waals surface area contributed by atoms with Gasteiger partial charge in [0.05, 0.1) is 17.1 Å². The van der Waals surface area contributed by atoms with E-state index in [9.17, 15) is 0 Å². The first kappa shape index (κ1) is 20.3. The minimum Gasteiger partial charge on any atom is -0.491 e. The number of fused-ring (bicyclic) bond motifs is 1. The molecule has 1 atom stereocenters. The number of anilines is 1.